The quantitative estimate of drug-likeness (QED) is 0.713. The summed E-state index contributed by atoms with van der Waals surface area (Å²) in [7, 11) is 1.70. The molecule has 1 amide bonds. The number of aromatic nitrogens is 3. The molecular weight excluding hydrogens is 361 g/mol. The minimum Gasteiger partial charge on any atom is -0.368 e. The molecule has 3 rings (SSSR count). The van der Waals surface area contributed by atoms with Crippen molar-refractivity contribution in [3.05, 3.63) is 48.0 Å². The number of anilines is 3. The molecule has 0 aliphatic rings. The van der Waals surface area contributed by atoms with Gasteiger partial charge in [-0.05, 0) is 43.3 Å². The van der Waals surface area contributed by atoms with Gasteiger partial charge in [0.25, 0.3) is 0 Å². The van der Waals surface area contributed by atoms with E-state index in [4.69, 9.17) is 5.73 Å². The van der Waals surface area contributed by atoms with Gasteiger partial charge in [-0.1, -0.05) is 6.07 Å². The number of pyridine rings is 1. The zero-order valence-corrected chi connectivity index (χ0v) is 14.5. The van der Waals surface area contributed by atoms with Crippen molar-refractivity contribution in [2.24, 2.45) is 5.73 Å². The van der Waals surface area contributed by atoms with E-state index >= 15 is 0 Å². The van der Waals surface area contributed by atoms with Crippen LogP contribution in [0.4, 0.5) is 30.6 Å². The van der Waals surface area contributed by atoms with Crippen LogP contribution in [0.3, 0.4) is 0 Å². The maximum Gasteiger partial charge on any atom is 0.416 e. The highest BCUT2D eigenvalue weighted by Gasteiger charge is 2.30. The third-order valence-electron chi connectivity index (χ3n) is 4.16. The number of carbonyl (C=O) groups excluding carboxylic acids is 1. The van der Waals surface area contributed by atoms with Crippen molar-refractivity contribution in [3.63, 3.8) is 0 Å². The fourth-order valence-corrected chi connectivity index (χ4v) is 2.47. The lowest BCUT2D eigenvalue weighted by Gasteiger charge is -2.24. The Labute approximate surface area is 152 Å². The Morgan fingerprint density at radius 1 is 1.22 bits per heavy atom. The number of hydrogen-bond acceptors (Lipinski definition) is 5. The summed E-state index contributed by atoms with van der Waals surface area (Å²) in [6, 6.07) is 9.22. The Morgan fingerprint density at radius 2 is 1.89 bits per heavy atom. The summed E-state index contributed by atoms with van der Waals surface area (Å²) < 4.78 is 39.4. The van der Waals surface area contributed by atoms with Crippen molar-refractivity contribution in [1.82, 2.24) is 14.6 Å². The molecule has 1 aromatic carbocycles. The highest BCUT2D eigenvalue weighted by Crippen LogP contribution is 2.30. The van der Waals surface area contributed by atoms with E-state index in [1.54, 1.807) is 37.1 Å². The van der Waals surface area contributed by atoms with Gasteiger partial charge in [0, 0.05) is 12.7 Å². The van der Waals surface area contributed by atoms with E-state index in [2.05, 4.69) is 15.4 Å². The number of likely N-dealkylation sites (N-methyl/N-ethyl adjacent to an activating group) is 1. The predicted molar refractivity (Wildman–Crippen MR) is 94.8 cm³/mol. The predicted octanol–water partition coefficient (Wildman–Crippen LogP) is 2.80. The molecule has 0 bridgehead atoms. The highest BCUT2D eigenvalue weighted by atomic mass is 19.4. The molecule has 142 valence electrons. The van der Waals surface area contributed by atoms with E-state index in [0.29, 0.717) is 17.2 Å². The van der Waals surface area contributed by atoms with Crippen molar-refractivity contribution in [3.8, 4) is 0 Å². The molecule has 0 saturated heterocycles. The van der Waals surface area contributed by atoms with E-state index in [1.807, 2.05) is 0 Å². The number of nitrogens with zero attached hydrogens (tertiary/aromatic N) is 4. The molecule has 10 heteroatoms. The largest absolute Gasteiger partial charge is 0.416 e. The zero-order valence-electron chi connectivity index (χ0n) is 14.5. The second kappa shape index (κ2) is 6.78. The summed E-state index contributed by atoms with van der Waals surface area (Å²) in [5, 5.41) is 7.19. The maximum atomic E-state index is 12.6. The van der Waals surface area contributed by atoms with Gasteiger partial charge in [-0.3, -0.25) is 4.79 Å². The van der Waals surface area contributed by atoms with Crippen molar-refractivity contribution in [1.29, 1.82) is 0 Å². The Bertz CT molecular complexity index is 967. The first-order valence-corrected chi connectivity index (χ1v) is 7.99. The van der Waals surface area contributed by atoms with E-state index < -0.39 is 23.7 Å². The lowest BCUT2D eigenvalue weighted by atomic mass is 10.2. The topological polar surface area (TPSA) is 88.5 Å². The average Bonchev–Trinajstić information content (AvgIpc) is 3.02. The second-order valence-electron chi connectivity index (χ2n) is 5.98. The summed E-state index contributed by atoms with van der Waals surface area (Å²) in [6.07, 6.45) is -4.39. The van der Waals surface area contributed by atoms with Crippen LogP contribution >= 0.6 is 0 Å². The molecule has 0 aliphatic heterocycles. The second-order valence-corrected chi connectivity index (χ2v) is 5.98. The molecule has 2 heterocycles. The first-order chi connectivity index (χ1) is 12.7. The number of carbonyl (C=O) groups is 1. The number of fused-ring (bicyclic) bond motifs is 1. The molecule has 3 N–H and O–H groups in total. The van der Waals surface area contributed by atoms with E-state index in [9.17, 15) is 18.0 Å². The van der Waals surface area contributed by atoms with Crippen molar-refractivity contribution in [2.75, 3.05) is 17.3 Å². The number of primary amides is 1. The van der Waals surface area contributed by atoms with Crippen LogP contribution in [0.15, 0.2) is 42.5 Å². The van der Waals surface area contributed by atoms with Gasteiger partial charge in [0.05, 0.1) is 5.56 Å². The molecule has 0 spiro atoms. The van der Waals surface area contributed by atoms with Crippen LogP contribution in [0, 0.1) is 0 Å². The van der Waals surface area contributed by atoms with Gasteiger partial charge in [0.15, 0.2) is 5.65 Å². The number of nitrogens with two attached hydrogens (primary N) is 1. The number of benzene rings is 1. The van der Waals surface area contributed by atoms with Crippen LogP contribution in [-0.4, -0.2) is 33.6 Å². The van der Waals surface area contributed by atoms with Gasteiger partial charge in [-0.15, -0.1) is 5.10 Å². The van der Waals surface area contributed by atoms with Crippen LogP contribution in [-0.2, 0) is 11.0 Å². The van der Waals surface area contributed by atoms with Gasteiger partial charge in [-0.2, -0.15) is 22.7 Å². The molecule has 0 unspecified atom stereocenters. The molecule has 7 nitrogen and oxygen atoms in total. The molecule has 0 aliphatic carbocycles. The molecular formula is C17H17F3N6O. The van der Waals surface area contributed by atoms with Crippen LogP contribution in [0.25, 0.3) is 5.65 Å². The van der Waals surface area contributed by atoms with Crippen LogP contribution in [0.2, 0.25) is 0 Å². The van der Waals surface area contributed by atoms with E-state index in [-0.39, 0.29) is 5.95 Å². The molecule has 27 heavy (non-hydrogen) atoms. The summed E-state index contributed by atoms with van der Waals surface area (Å²) in [6.45, 7) is 1.67. The van der Waals surface area contributed by atoms with Gasteiger partial charge in [0.1, 0.15) is 11.9 Å². The monoisotopic (exact) mass is 378 g/mol. The van der Waals surface area contributed by atoms with Gasteiger partial charge in [0.2, 0.25) is 11.9 Å². The Hall–Kier alpha value is -3.30. The molecule has 0 radical (unpaired) electrons. The van der Waals surface area contributed by atoms with Crippen molar-refractivity contribution >= 4 is 29.0 Å². The molecule has 1 atom stereocenters. The number of alkyl halides is 3. The SMILES string of the molecule is C[C@@H](C(N)=O)N(C)c1cccc2nc(Nc3ccc(C(F)(F)F)cc3)nn12. The number of nitrogens with one attached hydrogen (secondary N) is 1. The smallest absolute Gasteiger partial charge is 0.368 e. The Morgan fingerprint density at radius 3 is 2.48 bits per heavy atom. The third kappa shape index (κ3) is 3.78. The van der Waals surface area contributed by atoms with Crippen LogP contribution in [0.1, 0.15) is 12.5 Å². The number of amides is 1. The first-order valence-electron chi connectivity index (χ1n) is 7.99. The minimum absolute atomic E-state index is 0.210. The van der Waals surface area contributed by atoms with Gasteiger partial charge in [-0.25, -0.2) is 0 Å². The maximum absolute atomic E-state index is 12.6. The molecule has 3 aromatic rings. The van der Waals surface area contributed by atoms with Crippen LogP contribution < -0.4 is 16.0 Å². The first kappa shape index (κ1) is 18.5. The van der Waals surface area contributed by atoms with Crippen molar-refractivity contribution < 1.29 is 18.0 Å². The zero-order chi connectivity index (χ0) is 19.8. The Kier molecular flexibility index (Phi) is 4.64. The van der Waals surface area contributed by atoms with Crippen LogP contribution in [0.5, 0.6) is 0 Å². The third-order valence-corrected chi connectivity index (χ3v) is 4.16. The fraction of sp³-hybridized carbons (Fsp3) is 0.235. The number of rotatable bonds is 5. The lowest BCUT2D eigenvalue weighted by Crippen LogP contribution is -2.41. The lowest BCUT2D eigenvalue weighted by molar-refractivity contribution is -0.137. The Balaban J connectivity index is 1.89. The fourth-order valence-electron chi connectivity index (χ4n) is 2.47. The molecule has 0 saturated carbocycles. The standard InChI is InChI=1S/C17H17F3N6O/c1-10(15(21)27)25(2)14-5-3-4-13-23-16(24-26(13)14)22-12-8-6-11(7-9-12)17(18,19)20/h3-10H,1-2H3,(H2,21,27)(H,22,24)/t10-/m0/s1. The van der Waals surface area contributed by atoms with Gasteiger partial charge < -0.3 is 16.0 Å². The number of hydrogen-bond donors (Lipinski definition) is 2. The van der Waals surface area contributed by atoms with Gasteiger partial charge >= 0.3 is 6.18 Å². The summed E-state index contributed by atoms with van der Waals surface area (Å²) >= 11 is 0. The van der Waals surface area contributed by atoms with E-state index in [0.717, 1.165) is 12.1 Å². The van der Waals surface area contributed by atoms with E-state index in [1.165, 1.54) is 16.6 Å². The summed E-state index contributed by atoms with van der Waals surface area (Å²) in [5.74, 6) is 0.312. The molecule has 0 fully saturated rings. The highest BCUT2D eigenvalue weighted by molar-refractivity contribution is 5.82. The molecule has 2 aromatic heterocycles. The summed E-state index contributed by atoms with van der Waals surface area (Å²) in [4.78, 5) is 17.4. The summed E-state index contributed by atoms with van der Waals surface area (Å²) in [5.41, 5.74) is 5.54. The minimum atomic E-state index is -4.39. The average molecular weight is 378 g/mol. The number of halogens is 3. The van der Waals surface area contributed by atoms with Crippen molar-refractivity contribution in [2.45, 2.75) is 19.1 Å². The normalized spacial score (nSPS) is 12.8.